The maximum atomic E-state index is 12.3. The van der Waals surface area contributed by atoms with Crippen LogP contribution in [0.3, 0.4) is 0 Å². The molecule has 2 rings (SSSR count). The van der Waals surface area contributed by atoms with E-state index in [0.717, 1.165) is 17.2 Å². The van der Waals surface area contributed by atoms with E-state index in [0.29, 0.717) is 33.0 Å². The largest absolute Gasteiger partial charge is 0.379 e. The summed E-state index contributed by atoms with van der Waals surface area (Å²) in [6, 6.07) is 11.4. The lowest BCUT2D eigenvalue weighted by atomic mass is 10.1. The first kappa shape index (κ1) is 20.8. The van der Waals surface area contributed by atoms with Gasteiger partial charge in [0.25, 0.3) is 11.6 Å². The van der Waals surface area contributed by atoms with E-state index in [2.05, 4.69) is 5.32 Å². The number of rotatable bonds is 10. The van der Waals surface area contributed by atoms with Crippen molar-refractivity contribution in [2.45, 2.75) is 20.1 Å². The summed E-state index contributed by atoms with van der Waals surface area (Å²) >= 11 is 5.98. The Labute approximate surface area is 162 Å². The van der Waals surface area contributed by atoms with Gasteiger partial charge < -0.3 is 14.8 Å². The van der Waals surface area contributed by atoms with Crippen molar-refractivity contribution in [1.82, 2.24) is 5.32 Å². The molecule has 0 bridgehead atoms. The van der Waals surface area contributed by atoms with Crippen LogP contribution >= 0.6 is 11.6 Å². The third kappa shape index (κ3) is 6.63. The average molecular weight is 393 g/mol. The second kappa shape index (κ2) is 10.6. The van der Waals surface area contributed by atoms with Gasteiger partial charge in [-0.1, -0.05) is 35.9 Å². The van der Waals surface area contributed by atoms with Gasteiger partial charge in [-0.2, -0.15) is 0 Å². The molecule has 0 fully saturated rings. The number of nitrogens with one attached hydrogen (secondary N) is 1. The summed E-state index contributed by atoms with van der Waals surface area (Å²) in [6.45, 7) is 4.44. The Bertz CT molecular complexity index is 797. The predicted octanol–water partition coefficient (Wildman–Crippen LogP) is 3.73. The number of carbonyl (C=O) groups is 1. The van der Waals surface area contributed by atoms with Crippen molar-refractivity contribution in [3.63, 3.8) is 0 Å². The van der Waals surface area contributed by atoms with E-state index in [1.54, 1.807) is 0 Å². The third-order valence-corrected chi connectivity index (χ3v) is 4.01. The van der Waals surface area contributed by atoms with Crippen LogP contribution in [0.2, 0.25) is 5.02 Å². The quantitative estimate of drug-likeness (QED) is 0.378. The number of carbonyl (C=O) groups excluding carboxylic acids is 1. The molecule has 144 valence electrons. The highest BCUT2D eigenvalue weighted by Gasteiger charge is 2.14. The van der Waals surface area contributed by atoms with Crippen molar-refractivity contribution < 1.29 is 19.2 Å². The van der Waals surface area contributed by atoms with Gasteiger partial charge in [-0.25, -0.2) is 0 Å². The van der Waals surface area contributed by atoms with Gasteiger partial charge in [0.05, 0.1) is 35.3 Å². The van der Waals surface area contributed by atoms with E-state index >= 15 is 0 Å². The van der Waals surface area contributed by atoms with E-state index in [1.165, 1.54) is 12.1 Å². The average Bonchev–Trinajstić information content (AvgIpc) is 2.66. The molecule has 0 saturated heterocycles. The molecule has 0 radical (unpaired) electrons. The lowest BCUT2D eigenvalue weighted by Gasteiger charge is -2.09. The summed E-state index contributed by atoms with van der Waals surface area (Å²) in [5.41, 5.74) is 1.94. The number of nitro benzene ring substituents is 1. The van der Waals surface area contributed by atoms with Crippen LogP contribution in [0.4, 0.5) is 5.69 Å². The van der Waals surface area contributed by atoms with Crippen molar-refractivity contribution in [1.29, 1.82) is 0 Å². The Morgan fingerprint density at radius 1 is 1.15 bits per heavy atom. The Balaban J connectivity index is 1.89. The molecule has 1 N–H and O–H groups in total. The minimum absolute atomic E-state index is 0.0400. The zero-order chi connectivity index (χ0) is 19.6. The number of non-ortho nitro benzene ring substituents is 1. The van der Waals surface area contributed by atoms with Crippen LogP contribution in [0.1, 0.15) is 28.4 Å². The van der Waals surface area contributed by atoms with Crippen molar-refractivity contribution in [3.05, 3.63) is 74.3 Å². The van der Waals surface area contributed by atoms with Gasteiger partial charge in [0, 0.05) is 25.3 Å². The molecular weight excluding hydrogens is 372 g/mol. The first-order valence-electron chi connectivity index (χ1n) is 8.46. The zero-order valence-electron chi connectivity index (χ0n) is 14.9. The van der Waals surface area contributed by atoms with Gasteiger partial charge >= 0.3 is 0 Å². The second-order valence-corrected chi connectivity index (χ2v) is 6.08. The van der Waals surface area contributed by atoms with Crippen LogP contribution in [0.5, 0.6) is 0 Å². The minimum atomic E-state index is -0.560. The van der Waals surface area contributed by atoms with Gasteiger partial charge in [0.1, 0.15) is 0 Å². The van der Waals surface area contributed by atoms with Crippen molar-refractivity contribution in [2.24, 2.45) is 0 Å². The standard InChI is InChI=1S/C19H21ClN2O5/c1-2-26-8-9-27-13-15-5-3-4-14(10-15)12-21-19(23)17-7-6-16(22(24)25)11-18(17)20/h3-7,10-11H,2,8-9,12-13H2,1H3,(H,21,23). The smallest absolute Gasteiger partial charge is 0.270 e. The molecule has 0 heterocycles. The Hall–Kier alpha value is -2.48. The van der Waals surface area contributed by atoms with Gasteiger partial charge in [0.15, 0.2) is 0 Å². The van der Waals surface area contributed by atoms with Crippen LogP contribution < -0.4 is 5.32 Å². The van der Waals surface area contributed by atoms with E-state index in [4.69, 9.17) is 21.1 Å². The normalized spacial score (nSPS) is 10.6. The number of nitro groups is 1. The van der Waals surface area contributed by atoms with Crippen LogP contribution in [-0.4, -0.2) is 30.7 Å². The molecule has 0 spiro atoms. The molecule has 8 heteroatoms. The maximum Gasteiger partial charge on any atom is 0.270 e. The summed E-state index contributed by atoms with van der Waals surface area (Å²) in [6.07, 6.45) is 0. The topological polar surface area (TPSA) is 90.7 Å². The number of hydrogen-bond donors (Lipinski definition) is 1. The highest BCUT2D eigenvalue weighted by molar-refractivity contribution is 6.34. The molecule has 0 aromatic heterocycles. The molecule has 0 saturated carbocycles. The van der Waals surface area contributed by atoms with E-state index in [-0.39, 0.29) is 16.3 Å². The molecule has 2 aromatic carbocycles. The fourth-order valence-corrected chi connectivity index (χ4v) is 2.62. The molecule has 2 aromatic rings. The molecule has 0 aliphatic carbocycles. The predicted molar refractivity (Wildman–Crippen MR) is 102 cm³/mol. The molecule has 0 atom stereocenters. The van der Waals surface area contributed by atoms with Crippen LogP contribution in [0.25, 0.3) is 0 Å². The molecule has 7 nitrogen and oxygen atoms in total. The lowest BCUT2D eigenvalue weighted by Crippen LogP contribution is -2.23. The first-order valence-corrected chi connectivity index (χ1v) is 8.84. The van der Waals surface area contributed by atoms with Crippen LogP contribution in [0.15, 0.2) is 42.5 Å². The third-order valence-electron chi connectivity index (χ3n) is 3.70. The maximum absolute atomic E-state index is 12.3. The summed E-state index contributed by atoms with van der Waals surface area (Å²) in [5.74, 6) is -0.395. The number of benzene rings is 2. The monoisotopic (exact) mass is 392 g/mol. The molecular formula is C19H21ClN2O5. The number of halogens is 1. The molecule has 0 unspecified atom stereocenters. The summed E-state index contributed by atoms with van der Waals surface area (Å²) in [5, 5.41) is 13.5. The van der Waals surface area contributed by atoms with E-state index < -0.39 is 10.8 Å². The van der Waals surface area contributed by atoms with Gasteiger partial charge in [0.2, 0.25) is 0 Å². The second-order valence-electron chi connectivity index (χ2n) is 5.67. The van der Waals surface area contributed by atoms with Gasteiger partial charge in [-0.3, -0.25) is 14.9 Å². The fourth-order valence-electron chi connectivity index (χ4n) is 2.36. The molecule has 1 amide bonds. The first-order chi connectivity index (χ1) is 13.0. The van der Waals surface area contributed by atoms with Gasteiger partial charge in [-0.05, 0) is 24.1 Å². The summed E-state index contributed by atoms with van der Waals surface area (Å²) in [4.78, 5) is 22.4. The zero-order valence-corrected chi connectivity index (χ0v) is 15.7. The number of amides is 1. The summed E-state index contributed by atoms with van der Waals surface area (Å²) < 4.78 is 10.7. The highest BCUT2D eigenvalue weighted by Crippen LogP contribution is 2.22. The highest BCUT2D eigenvalue weighted by atomic mass is 35.5. The minimum Gasteiger partial charge on any atom is -0.379 e. The van der Waals surface area contributed by atoms with Crippen molar-refractivity contribution in [2.75, 3.05) is 19.8 Å². The number of ether oxygens (including phenoxy) is 2. The Morgan fingerprint density at radius 3 is 2.59 bits per heavy atom. The van der Waals surface area contributed by atoms with Crippen molar-refractivity contribution in [3.8, 4) is 0 Å². The number of hydrogen-bond acceptors (Lipinski definition) is 5. The van der Waals surface area contributed by atoms with Crippen LogP contribution in [0, 0.1) is 10.1 Å². The molecule has 0 aliphatic rings. The Morgan fingerprint density at radius 2 is 1.89 bits per heavy atom. The number of nitrogens with zero attached hydrogens (tertiary/aromatic N) is 1. The molecule has 27 heavy (non-hydrogen) atoms. The molecule has 0 aliphatic heterocycles. The Kier molecular flexibility index (Phi) is 8.19. The van der Waals surface area contributed by atoms with Crippen molar-refractivity contribution >= 4 is 23.2 Å². The van der Waals surface area contributed by atoms with Crippen LogP contribution in [-0.2, 0) is 22.6 Å². The lowest BCUT2D eigenvalue weighted by molar-refractivity contribution is -0.384. The SMILES string of the molecule is CCOCCOCc1cccc(CNC(=O)c2ccc([N+](=O)[O-])cc2Cl)c1. The van der Waals surface area contributed by atoms with E-state index in [9.17, 15) is 14.9 Å². The van der Waals surface area contributed by atoms with E-state index in [1.807, 2.05) is 31.2 Å². The van der Waals surface area contributed by atoms with Gasteiger partial charge in [-0.15, -0.1) is 0 Å². The fraction of sp³-hybridized carbons (Fsp3) is 0.316. The summed E-state index contributed by atoms with van der Waals surface area (Å²) in [7, 11) is 0.